The molecule has 0 unspecified atom stereocenters. The van der Waals surface area contributed by atoms with Crippen LogP contribution in [0.3, 0.4) is 0 Å². The van der Waals surface area contributed by atoms with Crippen LogP contribution in [0.1, 0.15) is 0 Å². The molecule has 1 aliphatic rings. The van der Waals surface area contributed by atoms with Crippen molar-refractivity contribution in [2.24, 2.45) is 0 Å². The first-order chi connectivity index (χ1) is 11.2. The Kier molecular flexibility index (Phi) is 11.7. The maximum atomic E-state index is 9.43. The molecule has 0 aromatic carbocycles. The number of aliphatic hydroxyl groups is 4. The summed E-state index contributed by atoms with van der Waals surface area (Å²) in [6.07, 6.45) is 0. The van der Waals surface area contributed by atoms with Crippen molar-refractivity contribution in [1.82, 2.24) is 26.6 Å². The molecule has 0 radical (unpaired) electrons. The van der Waals surface area contributed by atoms with Crippen molar-refractivity contribution in [1.29, 1.82) is 0 Å². The first-order valence-electron chi connectivity index (χ1n) is 8.31. The molecule has 0 amide bonds. The van der Waals surface area contributed by atoms with Gasteiger partial charge in [-0.2, -0.15) is 0 Å². The molecule has 23 heavy (non-hydrogen) atoms. The lowest BCUT2D eigenvalue weighted by atomic mass is 10.2. The fourth-order valence-electron chi connectivity index (χ4n) is 2.37. The second-order valence-corrected chi connectivity index (χ2v) is 5.90. The van der Waals surface area contributed by atoms with Gasteiger partial charge in [0, 0.05) is 63.4 Å². The van der Waals surface area contributed by atoms with Gasteiger partial charge in [-0.25, -0.2) is 0 Å². The number of nitrogens with one attached hydrogen (secondary N) is 5. The number of rotatable bonds is 4. The minimum Gasteiger partial charge on any atom is -0.395 e. The summed E-state index contributed by atoms with van der Waals surface area (Å²) in [6.45, 7) is 3.59. The molecule has 0 spiro atoms. The van der Waals surface area contributed by atoms with Gasteiger partial charge in [-0.3, -0.25) is 0 Å². The summed E-state index contributed by atoms with van der Waals surface area (Å²) < 4.78 is 0. The quantitative estimate of drug-likeness (QED) is 0.248. The molecule has 9 N–H and O–H groups in total. The van der Waals surface area contributed by atoms with Crippen molar-refractivity contribution in [2.75, 3.05) is 65.7 Å². The average molecular weight is 335 g/mol. The molecule has 9 nitrogen and oxygen atoms in total. The maximum absolute atomic E-state index is 9.43. The number of aliphatic hydroxyl groups excluding tert-OH is 4. The fourth-order valence-corrected chi connectivity index (χ4v) is 2.37. The van der Waals surface area contributed by atoms with Crippen molar-refractivity contribution >= 4 is 0 Å². The Morgan fingerprint density at radius 2 is 0.913 bits per heavy atom. The van der Waals surface area contributed by atoms with Crippen LogP contribution in [0.5, 0.6) is 0 Å². The molecule has 9 heteroatoms. The van der Waals surface area contributed by atoms with Crippen molar-refractivity contribution in [2.45, 2.75) is 24.2 Å². The molecule has 0 aliphatic carbocycles. The zero-order valence-electron chi connectivity index (χ0n) is 13.7. The lowest BCUT2D eigenvalue weighted by molar-refractivity contribution is 0.193. The van der Waals surface area contributed by atoms with E-state index in [4.69, 9.17) is 0 Å². The third kappa shape index (κ3) is 8.89. The standard InChI is InChI=1S/C14H33N5O4/c20-7-11-3-15-1-2-16-12(8-21)4-18-14(10-23)6-19-13(9-22)5-17-11/h11-23H,1-10H2/t11-,12+,13+,14+/m0/s1. The van der Waals surface area contributed by atoms with E-state index in [9.17, 15) is 20.4 Å². The zero-order valence-corrected chi connectivity index (χ0v) is 13.7. The third-order valence-electron chi connectivity index (χ3n) is 3.97. The predicted molar refractivity (Wildman–Crippen MR) is 88.4 cm³/mol. The monoisotopic (exact) mass is 335 g/mol. The summed E-state index contributed by atoms with van der Waals surface area (Å²) in [6, 6.07) is -0.485. The van der Waals surface area contributed by atoms with Crippen LogP contribution in [-0.4, -0.2) is 110 Å². The van der Waals surface area contributed by atoms with Gasteiger partial charge < -0.3 is 47.0 Å². The van der Waals surface area contributed by atoms with E-state index in [0.717, 1.165) is 6.54 Å². The zero-order chi connectivity index (χ0) is 16.9. The summed E-state index contributed by atoms with van der Waals surface area (Å²) in [4.78, 5) is 0. The highest BCUT2D eigenvalue weighted by atomic mass is 16.3. The largest absolute Gasteiger partial charge is 0.395 e. The van der Waals surface area contributed by atoms with E-state index in [0.29, 0.717) is 32.7 Å². The molecule has 1 rings (SSSR count). The molecule has 1 saturated heterocycles. The van der Waals surface area contributed by atoms with E-state index >= 15 is 0 Å². The van der Waals surface area contributed by atoms with Crippen molar-refractivity contribution in [3.05, 3.63) is 0 Å². The van der Waals surface area contributed by atoms with Gasteiger partial charge in [0.1, 0.15) is 0 Å². The lowest BCUT2D eigenvalue weighted by Gasteiger charge is -2.24. The van der Waals surface area contributed by atoms with Crippen LogP contribution in [0.4, 0.5) is 0 Å². The second-order valence-electron chi connectivity index (χ2n) is 5.90. The summed E-state index contributed by atoms with van der Waals surface area (Å²) in [5, 5.41) is 53.7. The van der Waals surface area contributed by atoms with Gasteiger partial charge in [-0.15, -0.1) is 0 Å². The van der Waals surface area contributed by atoms with E-state index in [-0.39, 0.29) is 50.6 Å². The summed E-state index contributed by atoms with van der Waals surface area (Å²) >= 11 is 0. The molecule has 0 aromatic heterocycles. The normalized spacial score (nSPS) is 32.9. The minimum atomic E-state index is -0.156. The SMILES string of the molecule is OC[C@@H]1CNCCN[C@@H](CO)CN[C@@H](CO)CN[C@@H](CO)CN1. The topological polar surface area (TPSA) is 141 Å². The van der Waals surface area contributed by atoms with Crippen LogP contribution in [0.15, 0.2) is 0 Å². The molecule has 4 atom stereocenters. The Bertz CT molecular complexity index is 262. The lowest BCUT2D eigenvalue weighted by Crippen LogP contribution is -2.53. The van der Waals surface area contributed by atoms with Gasteiger partial charge in [-0.1, -0.05) is 0 Å². The van der Waals surface area contributed by atoms with E-state index < -0.39 is 0 Å². The summed E-state index contributed by atoms with van der Waals surface area (Å²) in [7, 11) is 0. The van der Waals surface area contributed by atoms with Crippen LogP contribution in [-0.2, 0) is 0 Å². The highest BCUT2D eigenvalue weighted by Gasteiger charge is 2.16. The van der Waals surface area contributed by atoms with Gasteiger partial charge in [0.25, 0.3) is 0 Å². The molecule has 1 heterocycles. The Morgan fingerprint density at radius 3 is 1.35 bits per heavy atom. The van der Waals surface area contributed by atoms with Crippen LogP contribution in [0, 0.1) is 0 Å². The highest BCUT2D eigenvalue weighted by molar-refractivity contribution is 4.80. The summed E-state index contributed by atoms with van der Waals surface area (Å²) in [5.74, 6) is 0. The van der Waals surface area contributed by atoms with Crippen LogP contribution in [0.25, 0.3) is 0 Å². The maximum Gasteiger partial charge on any atom is 0.0597 e. The Morgan fingerprint density at radius 1 is 0.522 bits per heavy atom. The smallest absolute Gasteiger partial charge is 0.0597 e. The first-order valence-corrected chi connectivity index (χ1v) is 8.31. The molecule has 138 valence electrons. The van der Waals surface area contributed by atoms with E-state index in [2.05, 4.69) is 26.6 Å². The molecule has 0 saturated carbocycles. The fraction of sp³-hybridized carbons (Fsp3) is 1.00. The Balaban J connectivity index is 2.58. The summed E-state index contributed by atoms with van der Waals surface area (Å²) in [5.41, 5.74) is 0. The van der Waals surface area contributed by atoms with E-state index in [1.54, 1.807) is 0 Å². The van der Waals surface area contributed by atoms with Gasteiger partial charge in [0.05, 0.1) is 26.4 Å². The van der Waals surface area contributed by atoms with Crippen LogP contribution < -0.4 is 26.6 Å². The number of hydrogen-bond donors (Lipinski definition) is 9. The molecule has 0 aromatic rings. The highest BCUT2D eigenvalue weighted by Crippen LogP contribution is 1.89. The average Bonchev–Trinajstić information content (AvgIpc) is 2.59. The second kappa shape index (κ2) is 13.0. The van der Waals surface area contributed by atoms with E-state index in [1.807, 2.05) is 0 Å². The third-order valence-corrected chi connectivity index (χ3v) is 3.97. The van der Waals surface area contributed by atoms with Gasteiger partial charge >= 0.3 is 0 Å². The van der Waals surface area contributed by atoms with Gasteiger partial charge in [0.2, 0.25) is 0 Å². The minimum absolute atomic E-state index is 0.0126. The van der Waals surface area contributed by atoms with E-state index in [1.165, 1.54) is 0 Å². The molecular weight excluding hydrogens is 302 g/mol. The van der Waals surface area contributed by atoms with Gasteiger partial charge in [0.15, 0.2) is 0 Å². The Labute approximate surface area is 137 Å². The van der Waals surface area contributed by atoms with Crippen LogP contribution >= 0.6 is 0 Å². The number of hydrogen-bond acceptors (Lipinski definition) is 9. The Hall–Kier alpha value is -0.360. The molecule has 0 bridgehead atoms. The molecule has 1 aliphatic heterocycles. The molecular formula is C14H33N5O4. The van der Waals surface area contributed by atoms with Crippen LogP contribution in [0.2, 0.25) is 0 Å². The van der Waals surface area contributed by atoms with Crippen molar-refractivity contribution < 1.29 is 20.4 Å². The van der Waals surface area contributed by atoms with Crippen molar-refractivity contribution in [3.63, 3.8) is 0 Å². The first kappa shape index (κ1) is 20.7. The predicted octanol–water partition coefficient (Wildman–Crippen LogP) is -4.61. The molecule has 1 fully saturated rings. The van der Waals surface area contributed by atoms with Crippen molar-refractivity contribution in [3.8, 4) is 0 Å². The van der Waals surface area contributed by atoms with Gasteiger partial charge in [-0.05, 0) is 0 Å².